The van der Waals surface area contributed by atoms with Crippen molar-refractivity contribution in [1.82, 2.24) is 15.5 Å². The van der Waals surface area contributed by atoms with E-state index in [1.165, 1.54) is 49.8 Å². The van der Waals surface area contributed by atoms with E-state index in [1.54, 1.807) is 38.3 Å². The normalized spacial score (nSPS) is 25.5. The molecule has 2 aromatic rings. The molecule has 3 aliphatic rings. The van der Waals surface area contributed by atoms with Crippen molar-refractivity contribution in [2.75, 3.05) is 45.5 Å². The molecule has 0 spiro atoms. The van der Waals surface area contributed by atoms with Gasteiger partial charge in [-0.15, -0.1) is 11.8 Å². The Hall–Kier alpha value is -5.42. The number of urea groups is 1. The Morgan fingerprint density at radius 2 is 1.76 bits per heavy atom. The number of halogens is 1. The van der Waals surface area contributed by atoms with Gasteiger partial charge >= 0.3 is 18.0 Å². The standard InChI is InChI=1S/C57H79ClN6O13S2/c1-32(2)51(59)53(69)62-39(14-12-23-61-55(60)71)41(65)27-37-18-16-36(17-19-37)20-21-49(78)79-24-22-46(66)63(7)35(5)54(70)76-45-29-47(67)64(8)40-26-38(28-42(73-9)50(40)58)25-33(3)13-11-15-44(74-10)57(72)30-43(75-48(68)31-57)34(4)52-56(45,6)77-52/h11,13,15-19,26,28,32,34-35,39,43-45,51-52,72H,12,14,20-25,27,29-31,59H2,1-10H3,(H,62,69)(H3,60,61,71)/b15-11+,33-13+/t34-,35+,39+,43+,44-,45+,51+,52+,56+,57-/m1/s1. The van der Waals surface area contributed by atoms with Crippen molar-refractivity contribution in [3.63, 3.8) is 0 Å². The van der Waals surface area contributed by atoms with Gasteiger partial charge in [-0.3, -0.25) is 24.0 Å². The van der Waals surface area contributed by atoms with Crippen LogP contribution in [0.5, 0.6) is 5.75 Å². The number of anilines is 1. The van der Waals surface area contributed by atoms with E-state index in [0.717, 1.165) is 22.3 Å². The van der Waals surface area contributed by atoms with Gasteiger partial charge in [-0.05, 0) is 87.6 Å². The highest BCUT2D eigenvalue weighted by atomic mass is 35.5. The first kappa shape index (κ1) is 64.4. The highest BCUT2D eigenvalue weighted by Gasteiger charge is 2.64. The molecule has 0 aliphatic carbocycles. The minimum atomic E-state index is -1.62. The number of allylic oxidation sites excluding steroid dienone is 3. The molecule has 2 fully saturated rings. The van der Waals surface area contributed by atoms with Gasteiger partial charge < -0.3 is 60.7 Å². The first-order chi connectivity index (χ1) is 37.2. The lowest BCUT2D eigenvalue weighted by Crippen LogP contribution is -2.53. The Balaban J connectivity index is 1.21. The number of carbonyl (C=O) groups is 7. The number of rotatable bonds is 21. The number of Topliss-reactive ketones (excluding diaryl/α,β-unsaturated/α-hetero) is 1. The van der Waals surface area contributed by atoms with Crippen molar-refractivity contribution in [3.05, 3.63) is 81.9 Å². The maximum Gasteiger partial charge on any atom is 0.328 e. The van der Waals surface area contributed by atoms with E-state index in [-0.39, 0.29) is 61.3 Å². The summed E-state index contributed by atoms with van der Waals surface area (Å²) in [7, 11) is 6.01. The number of primary amides is 1. The zero-order valence-corrected chi connectivity index (χ0v) is 49.4. The summed E-state index contributed by atoms with van der Waals surface area (Å²) in [5.74, 6) is -2.77. The summed E-state index contributed by atoms with van der Waals surface area (Å²) >= 11 is 13.9. The molecule has 10 atom stereocenters. The van der Waals surface area contributed by atoms with E-state index in [1.807, 2.05) is 58.0 Å². The number of benzene rings is 2. The van der Waals surface area contributed by atoms with Crippen molar-refractivity contribution in [1.29, 1.82) is 0 Å². The van der Waals surface area contributed by atoms with Crippen molar-refractivity contribution in [2.24, 2.45) is 23.3 Å². The van der Waals surface area contributed by atoms with Crippen LogP contribution >= 0.6 is 35.6 Å². The fourth-order valence-corrected chi connectivity index (χ4v) is 11.2. The molecule has 2 aromatic carbocycles. The predicted molar refractivity (Wildman–Crippen MR) is 307 cm³/mol. The Bertz CT molecular complexity index is 2620. The summed E-state index contributed by atoms with van der Waals surface area (Å²) < 4.78 is 30.4. The van der Waals surface area contributed by atoms with Crippen LogP contribution in [-0.4, -0.2) is 150 Å². The number of hydrogen-bond acceptors (Lipinski definition) is 16. The number of nitrogens with zero attached hydrogens (tertiary/aromatic N) is 2. The molecule has 3 aliphatic heterocycles. The molecule has 0 unspecified atom stereocenters. The van der Waals surface area contributed by atoms with E-state index < -0.39 is 89.4 Å². The third-order valence-electron chi connectivity index (χ3n) is 15.1. The first-order valence-electron chi connectivity index (χ1n) is 26.6. The fourth-order valence-electron chi connectivity index (χ4n) is 9.77. The minimum Gasteiger partial charge on any atom is -0.495 e. The Labute approximate surface area is 478 Å². The number of esters is 2. The molecule has 5 amide bonds. The lowest BCUT2D eigenvalue weighted by atomic mass is 9.78. The number of epoxide rings is 1. The van der Waals surface area contributed by atoms with Crippen LogP contribution in [-0.2, 0) is 67.0 Å². The van der Waals surface area contributed by atoms with Crippen molar-refractivity contribution in [3.8, 4) is 5.75 Å². The second kappa shape index (κ2) is 28.8. The molecular formula is C57H79ClN6O13S2. The molecule has 3 heterocycles. The van der Waals surface area contributed by atoms with Crippen LogP contribution in [0, 0.1) is 11.8 Å². The number of hydrogen-bond donors (Lipinski definition) is 5. The van der Waals surface area contributed by atoms with Crippen LogP contribution in [0.3, 0.4) is 0 Å². The first-order valence-corrected chi connectivity index (χ1v) is 28.4. The molecule has 434 valence electrons. The smallest absolute Gasteiger partial charge is 0.328 e. The average molecular weight is 1160 g/mol. The maximum absolute atomic E-state index is 14.4. The van der Waals surface area contributed by atoms with E-state index in [2.05, 4.69) is 10.6 Å². The number of nitrogens with one attached hydrogen (secondary N) is 2. The third kappa shape index (κ3) is 17.5. The molecule has 5 rings (SSSR count). The topological polar surface area (TPSA) is 272 Å². The second-order valence-corrected chi connectivity index (χ2v) is 23.7. The van der Waals surface area contributed by atoms with Crippen LogP contribution < -0.4 is 31.7 Å². The van der Waals surface area contributed by atoms with Crippen LogP contribution in [0.1, 0.15) is 103 Å². The zero-order valence-electron chi connectivity index (χ0n) is 47.0. The summed E-state index contributed by atoms with van der Waals surface area (Å²) in [6, 6.07) is 7.79. The molecule has 0 saturated carbocycles. The number of ether oxygens (including phenoxy) is 5. The van der Waals surface area contributed by atoms with Gasteiger partial charge in [0.2, 0.25) is 17.7 Å². The number of fused-ring (bicyclic) bond motifs is 5. The molecule has 0 aromatic heterocycles. The quantitative estimate of drug-likeness (QED) is 0.0423. The molecule has 79 heavy (non-hydrogen) atoms. The SMILES string of the molecule is COc1cc2cc(c1Cl)N(C)C(=O)C[C@H](OC(=O)[C@H](C)N(C)C(=O)CCSC(=S)CCc1ccc(CC(=O)[C@H](CCCNC(N)=O)NC(=O)[C@@H](N)C(C)C)cc1)[C@]1(C)O[C@H]1[C@H](C)[C@@H]1C[C@@](O)(CC(=O)O1)[C@H](OC)/C=C/C=C(\C)C2. The van der Waals surface area contributed by atoms with Crippen LogP contribution in [0.25, 0.3) is 0 Å². The van der Waals surface area contributed by atoms with Crippen LogP contribution in [0.15, 0.2) is 60.2 Å². The van der Waals surface area contributed by atoms with Gasteiger partial charge in [0.05, 0.1) is 43.8 Å². The van der Waals surface area contributed by atoms with Gasteiger partial charge in [0.1, 0.15) is 46.3 Å². The van der Waals surface area contributed by atoms with Crippen LogP contribution in [0.2, 0.25) is 5.02 Å². The number of methoxy groups -OCH3 is 2. The van der Waals surface area contributed by atoms with Crippen molar-refractivity contribution in [2.45, 2.75) is 159 Å². The van der Waals surface area contributed by atoms with Crippen molar-refractivity contribution >= 4 is 86.9 Å². The number of nitrogens with two attached hydrogens (primary N) is 2. The zero-order chi connectivity index (χ0) is 58.5. The van der Waals surface area contributed by atoms with Gasteiger partial charge in [-0.25, -0.2) is 9.59 Å². The second-order valence-electron chi connectivity index (χ2n) is 21.4. The third-order valence-corrected chi connectivity index (χ3v) is 16.9. The molecule has 2 saturated heterocycles. The average Bonchev–Trinajstić information content (AvgIpc) is 4.31. The summed E-state index contributed by atoms with van der Waals surface area (Å²) in [5.41, 5.74) is 12.1. The lowest BCUT2D eigenvalue weighted by molar-refractivity contribution is -0.187. The van der Waals surface area contributed by atoms with Gasteiger partial charge in [-0.2, -0.15) is 0 Å². The number of likely N-dealkylation sites (N-methyl/N-ethyl adjacent to an activating group) is 1. The minimum absolute atomic E-state index is 0.0207. The highest BCUT2D eigenvalue weighted by Crippen LogP contribution is 2.50. The molecule has 4 bridgehead atoms. The number of carbonyl (C=O) groups excluding carboxylic acids is 7. The van der Waals surface area contributed by atoms with E-state index in [0.29, 0.717) is 53.5 Å². The fraction of sp³-hybridized carbons (Fsp3) is 0.579. The summed E-state index contributed by atoms with van der Waals surface area (Å²) in [4.78, 5) is 95.3. The van der Waals surface area contributed by atoms with Gasteiger partial charge in [0, 0.05) is 62.9 Å². The van der Waals surface area contributed by atoms with Crippen LogP contribution in [0.4, 0.5) is 10.5 Å². The number of ketones is 1. The number of amides is 5. The highest BCUT2D eigenvalue weighted by molar-refractivity contribution is 8.23. The Morgan fingerprint density at radius 1 is 1.08 bits per heavy atom. The molecule has 7 N–H and O–H groups in total. The molecule has 0 radical (unpaired) electrons. The van der Waals surface area contributed by atoms with Gasteiger partial charge in [0.25, 0.3) is 0 Å². The number of thioether (sulfide) groups is 1. The van der Waals surface area contributed by atoms with Gasteiger partial charge in [0.15, 0.2) is 5.78 Å². The summed E-state index contributed by atoms with van der Waals surface area (Å²) in [6.07, 6.45) is 3.56. The largest absolute Gasteiger partial charge is 0.495 e. The number of aliphatic hydroxyl groups is 1. The van der Waals surface area contributed by atoms with Crippen molar-refractivity contribution < 1.29 is 62.4 Å². The lowest BCUT2D eigenvalue weighted by Gasteiger charge is -2.41. The molecular weight excluding hydrogens is 1080 g/mol. The number of aryl methyl sites for hydroxylation is 1. The Morgan fingerprint density at radius 3 is 2.41 bits per heavy atom. The monoisotopic (exact) mass is 1150 g/mol. The molecule has 22 heteroatoms. The molecule has 19 nitrogen and oxygen atoms in total. The van der Waals surface area contributed by atoms with E-state index in [9.17, 15) is 38.7 Å². The summed E-state index contributed by atoms with van der Waals surface area (Å²) in [5, 5.41) is 17.5. The Kier molecular flexibility index (Phi) is 23.5. The maximum atomic E-state index is 14.4. The van der Waals surface area contributed by atoms with E-state index >= 15 is 0 Å². The number of thiocarbonyl (C=S) groups is 1. The summed E-state index contributed by atoms with van der Waals surface area (Å²) in [6.45, 7) is 10.9. The van der Waals surface area contributed by atoms with Gasteiger partial charge in [-0.1, -0.05) is 92.7 Å². The van der Waals surface area contributed by atoms with E-state index in [4.69, 9.17) is 59.0 Å². The predicted octanol–water partition coefficient (Wildman–Crippen LogP) is 5.88.